The molecule has 10 heavy (non-hydrogen) atoms. The van der Waals surface area contributed by atoms with Gasteiger partial charge in [-0.2, -0.15) is 0 Å². The van der Waals surface area contributed by atoms with Crippen LogP contribution in [0.15, 0.2) is 15.7 Å². The molecule has 0 unspecified atom stereocenters. The molecule has 0 bridgehead atoms. The summed E-state index contributed by atoms with van der Waals surface area (Å²) in [5.41, 5.74) is 0. The lowest BCUT2D eigenvalue weighted by Crippen LogP contribution is -1.96. The molecular weight excluding hydrogens is 154 g/mol. The van der Waals surface area contributed by atoms with Crippen molar-refractivity contribution in [3.05, 3.63) is 12.2 Å². The first kappa shape index (κ1) is 7.27. The number of sulfone groups is 1. The fraction of sp³-hybridized carbons (Fsp3) is 0.400. The zero-order valence-electron chi connectivity index (χ0n) is 5.66. The van der Waals surface area contributed by atoms with Crippen molar-refractivity contribution >= 4 is 9.84 Å². The summed E-state index contributed by atoms with van der Waals surface area (Å²) in [6.45, 7) is 1.59. The normalized spacial score (nSPS) is 11.8. The molecule has 0 fully saturated rings. The Morgan fingerprint density at radius 1 is 1.60 bits per heavy atom. The van der Waals surface area contributed by atoms with E-state index in [4.69, 9.17) is 4.42 Å². The van der Waals surface area contributed by atoms with E-state index >= 15 is 0 Å². The van der Waals surface area contributed by atoms with E-state index in [-0.39, 0.29) is 5.03 Å². The average Bonchev–Trinajstić information content (AvgIpc) is 2.11. The molecule has 0 aliphatic heterocycles. The van der Waals surface area contributed by atoms with Crippen molar-refractivity contribution < 1.29 is 12.8 Å². The maximum atomic E-state index is 10.7. The van der Waals surface area contributed by atoms with Gasteiger partial charge in [-0.15, -0.1) is 0 Å². The summed E-state index contributed by atoms with van der Waals surface area (Å²) in [5.74, 6) is 0.362. The van der Waals surface area contributed by atoms with Gasteiger partial charge in [0.25, 0.3) is 0 Å². The number of aryl methyl sites for hydroxylation is 1. The monoisotopic (exact) mass is 161 g/mol. The first-order valence-electron chi connectivity index (χ1n) is 2.62. The highest BCUT2D eigenvalue weighted by Gasteiger charge is 2.10. The highest BCUT2D eigenvalue weighted by Crippen LogP contribution is 2.06. The maximum Gasteiger partial charge on any atom is 0.196 e. The standard InChI is InChI=1S/C5H7NO3S/c1-4-6-5(3-9-4)10(2,7)8/h3H,1-2H3. The summed E-state index contributed by atoms with van der Waals surface area (Å²) >= 11 is 0. The van der Waals surface area contributed by atoms with Crippen LogP contribution in [0.3, 0.4) is 0 Å². The third kappa shape index (κ3) is 1.36. The Balaban J connectivity index is 3.21. The second-order valence-electron chi connectivity index (χ2n) is 1.98. The van der Waals surface area contributed by atoms with Gasteiger partial charge in [0.05, 0.1) is 0 Å². The Kier molecular flexibility index (Phi) is 1.52. The molecule has 0 N–H and O–H groups in total. The quantitative estimate of drug-likeness (QED) is 0.597. The van der Waals surface area contributed by atoms with Crippen LogP contribution in [-0.2, 0) is 9.84 Å². The molecule has 4 nitrogen and oxygen atoms in total. The molecule has 56 valence electrons. The first-order valence-corrected chi connectivity index (χ1v) is 4.51. The number of rotatable bonds is 1. The molecule has 0 atom stereocenters. The van der Waals surface area contributed by atoms with Gasteiger partial charge in [0.2, 0.25) is 0 Å². The number of nitrogens with zero attached hydrogens (tertiary/aromatic N) is 1. The minimum atomic E-state index is -3.19. The lowest BCUT2D eigenvalue weighted by atomic mass is 10.8. The van der Waals surface area contributed by atoms with Crippen molar-refractivity contribution in [2.24, 2.45) is 0 Å². The SMILES string of the molecule is Cc1nc(S(C)(=O)=O)co1. The van der Waals surface area contributed by atoms with Crippen LogP contribution in [0.2, 0.25) is 0 Å². The largest absolute Gasteiger partial charge is 0.448 e. The van der Waals surface area contributed by atoms with Crippen LogP contribution in [0, 0.1) is 6.92 Å². The first-order chi connectivity index (χ1) is 4.50. The summed E-state index contributed by atoms with van der Waals surface area (Å²) < 4.78 is 26.1. The number of hydrogen-bond acceptors (Lipinski definition) is 4. The molecule has 1 heterocycles. The van der Waals surface area contributed by atoms with Gasteiger partial charge in [-0.3, -0.25) is 0 Å². The molecule has 0 saturated heterocycles. The summed E-state index contributed by atoms with van der Waals surface area (Å²) in [5, 5.41) is -0.00926. The zero-order chi connectivity index (χ0) is 7.78. The molecule has 1 rings (SSSR count). The van der Waals surface area contributed by atoms with Crippen molar-refractivity contribution in [1.29, 1.82) is 0 Å². The predicted octanol–water partition coefficient (Wildman–Crippen LogP) is 0.387. The second kappa shape index (κ2) is 2.09. The molecule has 0 aliphatic rings. The van der Waals surface area contributed by atoms with E-state index in [0.717, 1.165) is 12.5 Å². The zero-order valence-corrected chi connectivity index (χ0v) is 6.47. The van der Waals surface area contributed by atoms with E-state index in [1.54, 1.807) is 6.92 Å². The van der Waals surface area contributed by atoms with E-state index in [9.17, 15) is 8.42 Å². The van der Waals surface area contributed by atoms with Crippen molar-refractivity contribution in [2.45, 2.75) is 11.9 Å². The summed E-state index contributed by atoms with van der Waals surface area (Å²) in [4.78, 5) is 3.63. The van der Waals surface area contributed by atoms with Crippen LogP contribution >= 0.6 is 0 Å². The fourth-order valence-corrected chi connectivity index (χ4v) is 1.03. The Bertz CT molecular complexity index is 324. The molecule has 0 aliphatic carbocycles. The van der Waals surface area contributed by atoms with Crippen LogP contribution in [0.5, 0.6) is 0 Å². The Morgan fingerprint density at radius 2 is 2.20 bits per heavy atom. The third-order valence-electron chi connectivity index (χ3n) is 0.978. The smallest absolute Gasteiger partial charge is 0.196 e. The maximum absolute atomic E-state index is 10.7. The van der Waals surface area contributed by atoms with Gasteiger partial charge in [0.15, 0.2) is 20.8 Å². The van der Waals surface area contributed by atoms with Gasteiger partial charge in [-0.05, 0) is 0 Å². The van der Waals surface area contributed by atoms with Gasteiger partial charge >= 0.3 is 0 Å². The minimum Gasteiger partial charge on any atom is -0.448 e. The molecule has 1 aromatic rings. The van der Waals surface area contributed by atoms with Gasteiger partial charge in [-0.1, -0.05) is 0 Å². The molecule has 0 radical (unpaired) electrons. The molecule has 0 spiro atoms. The van der Waals surface area contributed by atoms with E-state index in [2.05, 4.69) is 4.98 Å². The predicted molar refractivity (Wildman–Crippen MR) is 34.3 cm³/mol. The Morgan fingerprint density at radius 3 is 2.40 bits per heavy atom. The Hall–Kier alpha value is -0.840. The van der Waals surface area contributed by atoms with Crippen molar-refractivity contribution in [3.8, 4) is 0 Å². The molecule has 5 heteroatoms. The fourth-order valence-electron chi connectivity index (χ4n) is 0.514. The van der Waals surface area contributed by atoms with Crippen LogP contribution < -0.4 is 0 Å². The van der Waals surface area contributed by atoms with Crippen LogP contribution in [0.1, 0.15) is 5.89 Å². The van der Waals surface area contributed by atoms with E-state index in [1.807, 2.05) is 0 Å². The number of aromatic nitrogens is 1. The second-order valence-corrected chi connectivity index (χ2v) is 3.94. The minimum absolute atomic E-state index is 0.00926. The van der Waals surface area contributed by atoms with Crippen LogP contribution in [-0.4, -0.2) is 19.7 Å². The van der Waals surface area contributed by atoms with E-state index in [0.29, 0.717) is 5.89 Å². The highest BCUT2D eigenvalue weighted by molar-refractivity contribution is 7.90. The van der Waals surface area contributed by atoms with Gasteiger partial charge < -0.3 is 4.42 Å². The van der Waals surface area contributed by atoms with Crippen LogP contribution in [0.4, 0.5) is 0 Å². The highest BCUT2D eigenvalue weighted by atomic mass is 32.2. The van der Waals surface area contributed by atoms with E-state index in [1.165, 1.54) is 0 Å². The molecule has 0 aromatic carbocycles. The average molecular weight is 161 g/mol. The van der Waals surface area contributed by atoms with Crippen molar-refractivity contribution in [1.82, 2.24) is 4.98 Å². The van der Waals surface area contributed by atoms with Crippen LogP contribution in [0.25, 0.3) is 0 Å². The Labute approximate surface area is 58.8 Å². The lowest BCUT2D eigenvalue weighted by Gasteiger charge is -1.84. The number of oxazole rings is 1. The summed E-state index contributed by atoms with van der Waals surface area (Å²) in [6.07, 6.45) is 2.22. The van der Waals surface area contributed by atoms with Crippen molar-refractivity contribution in [3.63, 3.8) is 0 Å². The lowest BCUT2D eigenvalue weighted by molar-refractivity contribution is 0.519. The summed E-state index contributed by atoms with van der Waals surface area (Å²) in [7, 11) is -3.19. The van der Waals surface area contributed by atoms with E-state index < -0.39 is 9.84 Å². The molecule has 1 aromatic heterocycles. The molecule has 0 amide bonds. The third-order valence-corrected chi connectivity index (χ3v) is 1.93. The van der Waals surface area contributed by atoms with Crippen molar-refractivity contribution in [2.75, 3.05) is 6.26 Å². The van der Waals surface area contributed by atoms with Gasteiger partial charge in [0.1, 0.15) is 6.26 Å². The van der Waals surface area contributed by atoms with Gasteiger partial charge in [0, 0.05) is 13.2 Å². The topological polar surface area (TPSA) is 60.2 Å². The number of hydrogen-bond donors (Lipinski definition) is 0. The molecule has 0 saturated carbocycles. The van der Waals surface area contributed by atoms with Gasteiger partial charge in [-0.25, -0.2) is 13.4 Å². The molecular formula is C5H7NO3S. The summed E-state index contributed by atoms with van der Waals surface area (Å²) in [6, 6.07) is 0.